The Morgan fingerprint density at radius 3 is 2.61 bits per heavy atom. The van der Waals surface area contributed by atoms with Gasteiger partial charge in [0, 0.05) is 41.8 Å². The number of morpholine rings is 1. The normalized spacial score (nSPS) is 23.3. The van der Waals surface area contributed by atoms with Crippen LogP contribution in [0.25, 0.3) is 33.4 Å². The predicted octanol–water partition coefficient (Wildman–Crippen LogP) is 2.29. The number of rotatable bonds is 3. The lowest BCUT2D eigenvalue weighted by Crippen LogP contribution is -2.54. The standard InChI is InChI=1S/C22H23N7O2/c1-28-10-15(9-23-28)13-2-3-19(21(30)5-13)20-4-14-8-24-29(22(14)27-26-20)18-6-16-11-31-12-17(7-18)25-16/h2-5,8-10,16-18,25,30H,6-7,11-12H2,1H3/t16-,17?,18?/m1/s1. The molecule has 2 fully saturated rings. The van der Waals surface area contributed by atoms with Crippen LogP contribution in [0.4, 0.5) is 0 Å². The van der Waals surface area contributed by atoms with Crippen LogP contribution >= 0.6 is 0 Å². The molecule has 2 saturated heterocycles. The number of aromatic nitrogens is 6. The van der Waals surface area contributed by atoms with Gasteiger partial charge in [0.25, 0.3) is 0 Å². The van der Waals surface area contributed by atoms with E-state index in [9.17, 15) is 5.11 Å². The Hall–Kier alpha value is -3.30. The molecule has 1 aromatic carbocycles. The van der Waals surface area contributed by atoms with E-state index >= 15 is 0 Å². The number of nitrogens with one attached hydrogen (secondary N) is 1. The quantitative estimate of drug-likeness (QED) is 0.527. The van der Waals surface area contributed by atoms with E-state index in [0.717, 1.165) is 48.2 Å². The largest absolute Gasteiger partial charge is 0.507 e. The number of phenols is 1. The van der Waals surface area contributed by atoms with Crippen LogP contribution in [0.3, 0.4) is 0 Å². The van der Waals surface area contributed by atoms with Crippen LogP contribution in [0.5, 0.6) is 5.75 Å². The van der Waals surface area contributed by atoms with Gasteiger partial charge in [0.15, 0.2) is 5.65 Å². The van der Waals surface area contributed by atoms with Crippen LogP contribution in [0.15, 0.2) is 42.9 Å². The highest BCUT2D eigenvalue weighted by atomic mass is 16.5. The zero-order chi connectivity index (χ0) is 20.9. The van der Waals surface area contributed by atoms with Crippen molar-refractivity contribution in [3.05, 3.63) is 42.9 Å². The maximum atomic E-state index is 10.7. The Bertz CT molecular complexity index is 1250. The van der Waals surface area contributed by atoms with Crippen LogP contribution in [0.2, 0.25) is 0 Å². The van der Waals surface area contributed by atoms with Gasteiger partial charge in [0.05, 0.1) is 37.3 Å². The first-order valence-corrected chi connectivity index (χ1v) is 10.5. The molecule has 2 unspecified atom stereocenters. The minimum absolute atomic E-state index is 0.161. The Labute approximate surface area is 178 Å². The molecule has 0 amide bonds. The SMILES string of the molecule is Cn1cc(-c2ccc(-c3cc4cnn(C5CC6COC[C@@H](C5)N6)c4nn3)c(O)c2)cn1. The maximum absolute atomic E-state index is 10.7. The molecule has 158 valence electrons. The monoisotopic (exact) mass is 417 g/mol. The third-order valence-corrected chi connectivity index (χ3v) is 6.22. The van der Waals surface area contributed by atoms with Crippen molar-refractivity contribution in [2.24, 2.45) is 7.05 Å². The smallest absolute Gasteiger partial charge is 0.180 e. The summed E-state index contributed by atoms with van der Waals surface area (Å²) in [6.07, 6.45) is 7.45. The molecule has 2 aliphatic heterocycles. The molecule has 9 nitrogen and oxygen atoms in total. The lowest BCUT2D eigenvalue weighted by molar-refractivity contribution is 0.00905. The second-order valence-electron chi connectivity index (χ2n) is 8.46. The van der Waals surface area contributed by atoms with Crippen LogP contribution in [-0.2, 0) is 11.8 Å². The number of hydrogen-bond donors (Lipinski definition) is 2. The predicted molar refractivity (Wildman–Crippen MR) is 114 cm³/mol. The van der Waals surface area contributed by atoms with E-state index in [2.05, 4.69) is 25.7 Å². The van der Waals surface area contributed by atoms with E-state index in [1.165, 1.54) is 0 Å². The molecule has 0 saturated carbocycles. The highest BCUT2D eigenvalue weighted by molar-refractivity contribution is 5.81. The van der Waals surface area contributed by atoms with Crippen LogP contribution in [0.1, 0.15) is 18.9 Å². The fourth-order valence-corrected chi connectivity index (χ4v) is 4.76. The maximum Gasteiger partial charge on any atom is 0.180 e. The van der Waals surface area contributed by atoms with Gasteiger partial charge in [-0.05, 0) is 36.6 Å². The first kappa shape index (κ1) is 18.5. The molecule has 2 aliphatic rings. The summed E-state index contributed by atoms with van der Waals surface area (Å²) < 4.78 is 9.39. The molecule has 2 bridgehead atoms. The molecule has 9 heteroatoms. The fraction of sp³-hybridized carbons (Fsp3) is 0.364. The van der Waals surface area contributed by atoms with Crippen molar-refractivity contribution in [1.29, 1.82) is 0 Å². The molecule has 2 N–H and O–H groups in total. The zero-order valence-electron chi connectivity index (χ0n) is 17.1. The number of phenolic OH excluding ortho intramolecular Hbond substituents is 1. The number of benzene rings is 1. The molecule has 3 atom stereocenters. The summed E-state index contributed by atoms with van der Waals surface area (Å²) in [5.74, 6) is 0.161. The number of aromatic hydroxyl groups is 1. The van der Waals surface area contributed by atoms with Gasteiger partial charge in [-0.3, -0.25) is 4.68 Å². The number of ether oxygens (including phenoxy) is 1. The molecule has 0 aliphatic carbocycles. The number of nitrogens with zero attached hydrogens (tertiary/aromatic N) is 6. The van der Waals surface area contributed by atoms with E-state index in [-0.39, 0.29) is 11.8 Å². The second-order valence-corrected chi connectivity index (χ2v) is 8.46. The van der Waals surface area contributed by atoms with Crippen molar-refractivity contribution in [2.45, 2.75) is 31.0 Å². The number of hydrogen-bond acceptors (Lipinski definition) is 7. The Balaban J connectivity index is 1.31. The Morgan fingerprint density at radius 1 is 1.03 bits per heavy atom. The minimum atomic E-state index is 0.161. The molecule has 0 radical (unpaired) electrons. The molecular formula is C22H23N7O2. The Morgan fingerprint density at radius 2 is 1.87 bits per heavy atom. The average Bonchev–Trinajstić information content (AvgIpc) is 3.39. The van der Waals surface area contributed by atoms with Crippen LogP contribution in [-0.4, -0.2) is 60.2 Å². The van der Waals surface area contributed by atoms with Crippen molar-refractivity contribution in [3.8, 4) is 28.1 Å². The summed E-state index contributed by atoms with van der Waals surface area (Å²) >= 11 is 0. The van der Waals surface area contributed by atoms with Gasteiger partial charge in [-0.2, -0.15) is 10.2 Å². The molecule has 0 spiro atoms. The van der Waals surface area contributed by atoms with E-state index in [1.807, 2.05) is 42.3 Å². The summed E-state index contributed by atoms with van der Waals surface area (Å²) in [5.41, 5.74) is 3.89. The van der Waals surface area contributed by atoms with Gasteiger partial charge < -0.3 is 15.2 Å². The highest BCUT2D eigenvalue weighted by Crippen LogP contribution is 2.34. The summed E-state index contributed by atoms with van der Waals surface area (Å²) in [7, 11) is 1.87. The second kappa shape index (κ2) is 7.14. The van der Waals surface area contributed by atoms with Gasteiger partial charge in [-0.25, -0.2) is 4.68 Å². The molecule has 6 rings (SSSR count). The van der Waals surface area contributed by atoms with Gasteiger partial charge in [0.2, 0.25) is 0 Å². The van der Waals surface area contributed by atoms with Crippen LogP contribution in [0, 0.1) is 0 Å². The lowest BCUT2D eigenvalue weighted by atomic mass is 9.93. The summed E-state index contributed by atoms with van der Waals surface area (Å²) in [6, 6.07) is 8.50. The van der Waals surface area contributed by atoms with Crippen molar-refractivity contribution < 1.29 is 9.84 Å². The van der Waals surface area contributed by atoms with Crippen molar-refractivity contribution in [2.75, 3.05) is 13.2 Å². The van der Waals surface area contributed by atoms with Gasteiger partial charge in [-0.15, -0.1) is 10.2 Å². The van der Waals surface area contributed by atoms with Gasteiger partial charge >= 0.3 is 0 Å². The van der Waals surface area contributed by atoms with E-state index in [4.69, 9.17) is 4.74 Å². The molecule has 4 aromatic rings. The van der Waals surface area contributed by atoms with Crippen LogP contribution < -0.4 is 5.32 Å². The summed E-state index contributed by atoms with van der Waals surface area (Å²) in [5, 5.41) is 32.9. The van der Waals surface area contributed by atoms with Crippen molar-refractivity contribution in [1.82, 2.24) is 35.1 Å². The summed E-state index contributed by atoms with van der Waals surface area (Å²) in [4.78, 5) is 0. The van der Waals surface area contributed by atoms with E-state index < -0.39 is 0 Å². The summed E-state index contributed by atoms with van der Waals surface area (Å²) in [6.45, 7) is 1.49. The van der Waals surface area contributed by atoms with Gasteiger partial charge in [0.1, 0.15) is 5.75 Å². The average molecular weight is 417 g/mol. The minimum Gasteiger partial charge on any atom is -0.507 e. The third kappa shape index (κ3) is 3.26. The fourth-order valence-electron chi connectivity index (χ4n) is 4.76. The van der Waals surface area contributed by atoms with E-state index in [1.54, 1.807) is 16.9 Å². The Kier molecular flexibility index (Phi) is 4.25. The first-order chi connectivity index (χ1) is 15.1. The number of aryl methyl sites for hydroxylation is 1. The topological polar surface area (TPSA) is 103 Å². The van der Waals surface area contributed by atoms with Gasteiger partial charge in [-0.1, -0.05) is 6.07 Å². The zero-order valence-corrected chi connectivity index (χ0v) is 17.1. The molecule has 5 heterocycles. The first-order valence-electron chi connectivity index (χ1n) is 10.5. The van der Waals surface area contributed by atoms with Crippen molar-refractivity contribution in [3.63, 3.8) is 0 Å². The number of fused-ring (bicyclic) bond motifs is 3. The highest BCUT2D eigenvalue weighted by Gasteiger charge is 2.33. The lowest BCUT2D eigenvalue weighted by Gasteiger charge is -2.40. The van der Waals surface area contributed by atoms with Crippen molar-refractivity contribution >= 4 is 11.0 Å². The molecular weight excluding hydrogens is 394 g/mol. The van der Waals surface area contributed by atoms with E-state index in [0.29, 0.717) is 23.3 Å². The third-order valence-electron chi connectivity index (χ3n) is 6.22. The molecule has 31 heavy (non-hydrogen) atoms. The number of piperidine rings is 1. The molecule has 3 aromatic heterocycles.